The molecule has 6 nitrogen and oxygen atoms in total. The van der Waals surface area contributed by atoms with Gasteiger partial charge in [0.15, 0.2) is 11.5 Å². The van der Waals surface area contributed by atoms with Gasteiger partial charge in [0, 0.05) is 61.3 Å². The van der Waals surface area contributed by atoms with Gasteiger partial charge in [-0.15, -0.1) is 0 Å². The summed E-state index contributed by atoms with van der Waals surface area (Å²) in [6.07, 6.45) is 2.52. The van der Waals surface area contributed by atoms with Crippen molar-refractivity contribution in [3.8, 4) is 11.3 Å². The number of rotatable bonds is 2. The highest BCUT2D eigenvalue weighted by Gasteiger charge is 2.18. The predicted molar refractivity (Wildman–Crippen MR) is 106 cm³/mol. The molecule has 0 radical (unpaired) electrons. The quantitative estimate of drug-likeness (QED) is 0.528. The molecule has 4 aromatic rings. The van der Waals surface area contributed by atoms with Gasteiger partial charge in [-0.25, -0.2) is 18.6 Å². The Morgan fingerprint density at radius 2 is 2.07 bits per heavy atom. The van der Waals surface area contributed by atoms with E-state index in [4.69, 9.17) is 4.42 Å². The van der Waals surface area contributed by atoms with E-state index in [0.29, 0.717) is 11.6 Å². The molecular weight excluding hydrogens is 378 g/mol. The van der Waals surface area contributed by atoms with Crippen LogP contribution in [0.4, 0.5) is 14.5 Å². The Kier molecular flexibility index (Phi) is 4.09. The van der Waals surface area contributed by atoms with Crippen molar-refractivity contribution in [1.29, 1.82) is 0 Å². The molecule has 1 saturated heterocycles. The average molecular weight is 396 g/mol. The van der Waals surface area contributed by atoms with Crippen molar-refractivity contribution in [2.45, 2.75) is 13.0 Å². The van der Waals surface area contributed by atoms with Crippen LogP contribution in [0, 0.1) is 11.6 Å². The smallest absolute Gasteiger partial charge is 0.345 e. The topological polar surface area (TPSA) is 62.8 Å². The van der Waals surface area contributed by atoms with Crippen LogP contribution in [0.25, 0.3) is 27.9 Å². The lowest BCUT2D eigenvalue weighted by Gasteiger charge is -2.33. The third-order valence-corrected chi connectivity index (χ3v) is 5.20. The number of fused-ring (bicyclic) bond motifs is 2. The molecule has 29 heavy (non-hydrogen) atoms. The molecule has 0 bridgehead atoms. The maximum Gasteiger partial charge on any atom is 0.345 e. The van der Waals surface area contributed by atoms with E-state index >= 15 is 0 Å². The summed E-state index contributed by atoms with van der Waals surface area (Å²) < 4.78 is 34.1. The van der Waals surface area contributed by atoms with Crippen LogP contribution in [0.15, 0.2) is 51.9 Å². The number of anilines is 1. The molecule has 0 amide bonds. The van der Waals surface area contributed by atoms with Crippen molar-refractivity contribution in [3.05, 3.63) is 64.8 Å². The van der Waals surface area contributed by atoms with Crippen LogP contribution in [0.1, 0.15) is 6.92 Å². The van der Waals surface area contributed by atoms with E-state index in [1.807, 2.05) is 18.2 Å². The van der Waals surface area contributed by atoms with Crippen LogP contribution in [0.2, 0.25) is 0 Å². The molecule has 1 N–H and O–H groups in total. The Hall–Kier alpha value is -3.26. The summed E-state index contributed by atoms with van der Waals surface area (Å²) >= 11 is 0. The second-order valence-corrected chi connectivity index (χ2v) is 7.33. The lowest BCUT2D eigenvalue weighted by Crippen LogP contribution is -2.49. The average Bonchev–Trinajstić information content (AvgIpc) is 3.11. The summed E-state index contributed by atoms with van der Waals surface area (Å²) in [6, 6.07) is 8.54. The molecule has 1 atom stereocenters. The zero-order valence-corrected chi connectivity index (χ0v) is 15.7. The Morgan fingerprint density at radius 1 is 1.21 bits per heavy atom. The maximum absolute atomic E-state index is 13.9. The second-order valence-electron chi connectivity index (χ2n) is 7.33. The number of hydrogen-bond acceptors (Lipinski definition) is 5. The first-order chi connectivity index (χ1) is 14.0. The first-order valence-electron chi connectivity index (χ1n) is 9.38. The number of pyridine rings is 1. The summed E-state index contributed by atoms with van der Waals surface area (Å²) in [4.78, 5) is 19.0. The van der Waals surface area contributed by atoms with Gasteiger partial charge in [0.2, 0.25) is 0 Å². The number of benzene rings is 1. The summed E-state index contributed by atoms with van der Waals surface area (Å²) in [5.74, 6) is -1.52. The molecule has 0 saturated carbocycles. The number of aromatic nitrogens is 2. The largest absolute Gasteiger partial charge is 0.422 e. The lowest BCUT2D eigenvalue weighted by molar-refractivity contribution is 0.484. The molecule has 0 aliphatic carbocycles. The van der Waals surface area contributed by atoms with Crippen molar-refractivity contribution < 1.29 is 13.2 Å². The standard InChI is InChI=1S/C21H18F2N4O2/c1-12-9-26(5-4-24-12)15-3-2-13-6-16(21(28)29-19(13)8-15)18-11-27-10-14(22)7-17(23)20(27)25-18/h2-3,6-8,10-12,24H,4-5,9H2,1H3/t12-/m0/s1. The Balaban J connectivity index is 1.58. The fourth-order valence-corrected chi connectivity index (χ4v) is 3.80. The molecule has 0 unspecified atom stereocenters. The number of piperazine rings is 1. The van der Waals surface area contributed by atoms with Crippen molar-refractivity contribution in [2.24, 2.45) is 0 Å². The fourth-order valence-electron chi connectivity index (χ4n) is 3.80. The van der Waals surface area contributed by atoms with Gasteiger partial charge in [0.05, 0.1) is 11.3 Å². The molecule has 5 rings (SSSR count). The predicted octanol–water partition coefficient (Wildman–Crippen LogP) is 3.18. The van der Waals surface area contributed by atoms with E-state index < -0.39 is 17.3 Å². The van der Waals surface area contributed by atoms with Crippen LogP contribution in [-0.4, -0.2) is 35.1 Å². The van der Waals surface area contributed by atoms with Crippen molar-refractivity contribution in [3.63, 3.8) is 0 Å². The maximum atomic E-state index is 13.9. The van der Waals surface area contributed by atoms with E-state index in [1.165, 1.54) is 10.6 Å². The molecule has 1 aliphatic rings. The number of halogens is 2. The fraction of sp³-hybridized carbons (Fsp3) is 0.238. The molecule has 8 heteroatoms. The normalized spacial score (nSPS) is 17.3. The minimum Gasteiger partial charge on any atom is -0.422 e. The minimum atomic E-state index is -0.795. The molecular formula is C21H18F2N4O2. The van der Waals surface area contributed by atoms with E-state index in [1.54, 1.807) is 6.07 Å². The summed E-state index contributed by atoms with van der Waals surface area (Å²) in [6.45, 7) is 4.77. The lowest BCUT2D eigenvalue weighted by atomic mass is 10.1. The highest BCUT2D eigenvalue weighted by Crippen LogP contribution is 2.26. The molecule has 0 spiro atoms. The SMILES string of the molecule is C[C@H]1CN(c2ccc3cc(-c4cn5cc(F)cc(F)c5n4)c(=O)oc3c2)CCN1. The highest BCUT2D eigenvalue weighted by atomic mass is 19.1. The van der Waals surface area contributed by atoms with Crippen LogP contribution in [0.5, 0.6) is 0 Å². The van der Waals surface area contributed by atoms with Crippen molar-refractivity contribution in [1.82, 2.24) is 14.7 Å². The van der Waals surface area contributed by atoms with Gasteiger partial charge < -0.3 is 19.0 Å². The highest BCUT2D eigenvalue weighted by molar-refractivity contribution is 5.84. The molecule has 1 aromatic carbocycles. The zero-order valence-electron chi connectivity index (χ0n) is 15.7. The van der Waals surface area contributed by atoms with Gasteiger partial charge in [-0.05, 0) is 25.1 Å². The minimum absolute atomic E-state index is 0.0518. The number of imidazole rings is 1. The molecule has 148 valence electrons. The Bertz CT molecular complexity index is 1300. The van der Waals surface area contributed by atoms with Gasteiger partial charge in [-0.1, -0.05) is 0 Å². The summed E-state index contributed by atoms with van der Waals surface area (Å²) in [5, 5.41) is 4.13. The molecule has 4 heterocycles. The summed E-state index contributed by atoms with van der Waals surface area (Å²) in [5.41, 5.74) is 1.27. The van der Waals surface area contributed by atoms with Gasteiger partial charge in [-0.2, -0.15) is 0 Å². The van der Waals surface area contributed by atoms with E-state index in [-0.39, 0.29) is 16.9 Å². The Morgan fingerprint density at radius 3 is 2.90 bits per heavy atom. The van der Waals surface area contributed by atoms with Gasteiger partial charge in [0.25, 0.3) is 0 Å². The number of hydrogen-bond donors (Lipinski definition) is 1. The zero-order chi connectivity index (χ0) is 20.1. The van der Waals surface area contributed by atoms with Crippen molar-refractivity contribution >= 4 is 22.3 Å². The molecule has 1 aliphatic heterocycles. The Labute approximate surface area is 164 Å². The van der Waals surface area contributed by atoms with Crippen LogP contribution < -0.4 is 15.8 Å². The summed E-state index contributed by atoms with van der Waals surface area (Å²) in [7, 11) is 0. The van der Waals surface area contributed by atoms with Crippen molar-refractivity contribution in [2.75, 3.05) is 24.5 Å². The van der Waals surface area contributed by atoms with Gasteiger partial charge in [-0.3, -0.25) is 0 Å². The number of nitrogens with zero attached hydrogens (tertiary/aromatic N) is 3. The van der Waals surface area contributed by atoms with E-state index in [2.05, 4.69) is 22.1 Å². The van der Waals surface area contributed by atoms with E-state index in [9.17, 15) is 13.6 Å². The number of nitrogens with one attached hydrogen (secondary N) is 1. The van der Waals surface area contributed by atoms with Crippen LogP contribution in [0.3, 0.4) is 0 Å². The first-order valence-corrected chi connectivity index (χ1v) is 9.38. The third kappa shape index (κ3) is 3.15. The third-order valence-electron chi connectivity index (χ3n) is 5.20. The van der Waals surface area contributed by atoms with Gasteiger partial charge >= 0.3 is 5.63 Å². The van der Waals surface area contributed by atoms with Crippen LogP contribution >= 0.6 is 0 Å². The van der Waals surface area contributed by atoms with Gasteiger partial charge in [0.1, 0.15) is 11.4 Å². The van der Waals surface area contributed by atoms with Crippen LogP contribution in [-0.2, 0) is 0 Å². The second kappa shape index (κ2) is 6.66. The molecule has 1 fully saturated rings. The van der Waals surface area contributed by atoms with E-state index in [0.717, 1.165) is 43.0 Å². The molecule has 3 aromatic heterocycles. The monoisotopic (exact) mass is 396 g/mol. The first kappa shape index (κ1) is 17.8.